The van der Waals surface area contributed by atoms with Crippen molar-refractivity contribution in [2.45, 2.75) is 90.3 Å². The molecule has 2 aliphatic rings. The molecule has 1 aliphatic carbocycles. The van der Waals surface area contributed by atoms with Crippen molar-refractivity contribution >= 4 is 29.6 Å². The highest BCUT2D eigenvalue weighted by molar-refractivity contribution is 6.38. The van der Waals surface area contributed by atoms with Crippen molar-refractivity contribution in [3.05, 3.63) is 12.7 Å². The van der Waals surface area contributed by atoms with Crippen molar-refractivity contribution in [2.24, 2.45) is 11.8 Å². The van der Waals surface area contributed by atoms with E-state index >= 15 is 0 Å². The number of ketones is 1. The minimum absolute atomic E-state index is 0.0172. The summed E-state index contributed by atoms with van der Waals surface area (Å²) in [5.41, 5.74) is 0. The molecular weight excluding hydrogens is 464 g/mol. The Balaban J connectivity index is 2.11. The van der Waals surface area contributed by atoms with E-state index in [-0.39, 0.29) is 30.9 Å². The van der Waals surface area contributed by atoms with Gasteiger partial charge in [0.25, 0.3) is 5.91 Å². The molecule has 0 bridgehead atoms. The van der Waals surface area contributed by atoms with Crippen LogP contribution in [0.25, 0.3) is 0 Å². The van der Waals surface area contributed by atoms with E-state index in [1.54, 1.807) is 0 Å². The number of nitrogens with zero attached hydrogens (tertiary/aromatic N) is 1. The molecule has 36 heavy (non-hydrogen) atoms. The zero-order valence-corrected chi connectivity index (χ0v) is 21.8. The van der Waals surface area contributed by atoms with Crippen LogP contribution in [-0.2, 0) is 23.9 Å². The zero-order chi connectivity index (χ0) is 26.7. The standard InChI is InChI=1S/C26H42N4O6/c1-5-10-19(22(31)24(33)27-14-6-2)28-23(32)20-13-9-15-30(20)25(34)21(18-11-7-8-12-18)29-26(35)36-16-17(3)4/h6,17-21H,2,5,7-16H2,1,3-4H3,(H,27,33)(H,28,32)(H,29,35)/t19?,20?,21-/m0/s1. The summed E-state index contributed by atoms with van der Waals surface area (Å²) >= 11 is 0. The van der Waals surface area contributed by atoms with E-state index in [1.165, 1.54) is 11.0 Å². The Morgan fingerprint density at radius 3 is 2.36 bits per heavy atom. The topological polar surface area (TPSA) is 134 Å². The maximum absolute atomic E-state index is 13.6. The number of carbonyl (C=O) groups excluding carboxylic acids is 5. The SMILES string of the molecule is C=CCNC(=O)C(=O)C(CCC)NC(=O)C1CCCN1C(=O)[C@@H](NC(=O)OCC(C)C)C1CCCC1. The van der Waals surface area contributed by atoms with E-state index in [2.05, 4.69) is 22.5 Å². The number of hydrogen-bond acceptors (Lipinski definition) is 6. The van der Waals surface area contributed by atoms with E-state index in [0.29, 0.717) is 32.2 Å². The van der Waals surface area contributed by atoms with Crippen molar-refractivity contribution in [1.82, 2.24) is 20.9 Å². The van der Waals surface area contributed by atoms with Crippen LogP contribution in [0.15, 0.2) is 12.7 Å². The molecule has 10 heteroatoms. The fourth-order valence-corrected chi connectivity index (χ4v) is 4.80. The summed E-state index contributed by atoms with van der Waals surface area (Å²) in [6.07, 6.45) is 6.41. The van der Waals surface area contributed by atoms with Gasteiger partial charge >= 0.3 is 6.09 Å². The molecule has 1 saturated heterocycles. The summed E-state index contributed by atoms with van der Waals surface area (Å²) < 4.78 is 5.26. The summed E-state index contributed by atoms with van der Waals surface area (Å²) in [5.74, 6) is -2.11. The van der Waals surface area contributed by atoms with Gasteiger partial charge in [0.05, 0.1) is 12.6 Å². The second-order valence-corrected chi connectivity index (χ2v) is 10.1. The quantitative estimate of drug-likeness (QED) is 0.259. The molecule has 3 atom stereocenters. The molecule has 2 fully saturated rings. The van der Waals surface area contributed by atoms with Gasteiger partial charge in [-0.3, -0.25) is 19.2 Å². The number of nitrogens with one attached hydrogen (secondary N) is 3. The first-order valence-corrected chi connectivity index (χ1v) is 13.2. The minimum Gasteiger partial charge on any atom is -0.449 e. The highest BCUT2D eigenvalue weighted by Crippen LogP contribution is 2.30. The van der Waals surface area contributed by atoms with E-state index in [0.717, 1.165) is 25.7 Å². The van der Waals surface area contributed by atoms with Gasteiger partial charge in [-0.15, -0.1) is 6.58 Å². The van der Waals surface area contributed by atoms with Gasteiger partial charge < -0.3 is 25.6 Å². The van der Waals surface area contributed by atoms with Crippen LogP contribution < -0.4 is 16.0 Å². The normalized spacial score (nSPS) is 19.4. The lowest BCUT2D eigenvalue weighted by Gasteiger charge is -2.32. The van der Waals surface area contributed by atoms with Gasteiger partial charge in [-0.05, 0) is 43.9 Å². The molecule has 202 valence electrons. The van der Waals surface area contributed by atoms with Gasteiger partial charge in [-0.2, -0.15) is 0 Å². The highest BCUT2D eigenvalue weighted by atomic mass is 16.5. The zero-order valence-electron chi connectivity index (χ0n) is 21.8. The largest absolute Gasteiger partial charge is 0.449 e. The predicted molar refractivity (Wildman–Crippen MR) is 135 cm³/mol. The van der Waals surface area contributed by atoms with Crippen molar-refractivity contribution in [2.75, 3.05) is 19.7 Å². The lowest BCUT2D eigenvalue weighted by Crippen LogP contribution is -2.57. The highest BCUT2D eigenvalue weighted by Gasteiger charge is 2.42. The number of carbonyl (C=O) groups is 5. The Hall–Kier alpha value is -2.91. The fourth-order valence-electron chi connectivity index (χ4n) is 4.80. The van der Waals surface area contributed by atoms with Crippen molar-refractivity contribution in [1.29, 1.82) is 0 Å². The Morgan fingerprint density at radius 2 is 1.75 bits per heavy atom. The first kappa shape index (κ1) is 29.3. The summed E-state index contributed by atoms with van der Waals surface area (Å²) in [6.45, 7) is 10.0. The molecule has 3 N–H and O–H groups in total. The van der Waals surface area contributed by atoms with Crippen LogP contribution in [0.2, 0.25) is 0 Å². The molecule has 0 aromatic carbocycles. The van der Waals surface area contributed by atoms with E-state index in [1.807, 2.05) is 20.8 Å². The number of ether oxygens (including phenoxy) is 1. The van der Waals surface area contributed by atoms with Gasteiger partial charge in [-0.25, -0.2) is 4.79 Å². The Bertz CT molecular complexity index is 808. The molecule has 0 aromatic heterocycles. The van der Waals surface area contributed by atoms with Gasteiger partial charge in [-0.1, -0.05) is 46.1 Å². The summed E-state index contributed by atoms with van der Waals surface area (Å²) in [6, 6.07) is -2.50. The second-order valence-electron chi connectivity index (χ2n) is 10.1. The Kier molecular flexibility index (Phi) is 11.9. The molecule has 2 unspecified atom stereocenters. The molecule has 0 spiro atoms. The maximum atomic E-state index is 13.6. The molecular formula is C26H42N4O6. The Morgan fingerprint density at radius 1 is 1.06 bits per heavy atom. The summed E-state index contributed by atoms with van der Waals surface area (Å²) in [7, 11) is 0. The van der Waals surface area contributed by atoms with Crippen molar-refractivity contribution < 1.29 is 28.7 Å². The second kappa shape index (κ2) is 14.6. The van der Waals surface area contributed by atoms with E-state index in [4.69, 9.17) is 4.74 Å². The average Bonchev–Trinajstić information content (AvgIpc) is 3.56. The molecule has 10 nitrogen and oxygen atoms in total. The molecule has 4 amide bonds. The molecule has 1 saturated carbocycles. The third-order valence-corrected chi connectivity index (χ3v) is 6.64. The van der Waals surface area contributed by atoms with Crippen LogP contribution >= 0.6 is 0 Å². The van der Waals surface area contributed by atoms with Crippen molar-refractivity contribution in [3.8, 4) is 0 Å². The lowest BCUT2D eigenvalue weighted by molar-refractivity contribution is -0.143. The van der Waals surface area contributed by atoms with Crippen molar-refractivity contribution in [3.63, 3.8) is 0 Å². The van der Waals surface area contributed by atoms with Gasteiger partial charge in [0.15, 0.2) is 0 Å². The number of Topliss-reactive ketones (excluding diaryl/α,β-unsaturated/α-hetero) is 1. The number of rotatable bonds is 13. The molecule has 1 aliphatic heterocycles. The van der Waals surface area contributed by atoms with Crippen LogP contribution in [0.5, 0.6) is 0 Å². The Labute approximate surface area is 213 Å². The molecule has 0 aromatic rings. The number of alkyl carbamates (subject to hydrolysis) is 1. The van der Waals surface area contributed by atoms with E-state index in [9.17, 15) is 24.0 Å². The first-order valence-electron chi connectivity index (χ1n) is 13.2. The molecule has 0 radical (unpaired) electrons. The van der Waals surface area contributed by atoms with E-state index < -0.39 is 41.8 Å². The van der Waals surface area contributed by atoms with Crippen LogP contribution in [0.3, 0.4) is 0 Å². The van der Waals surface area contributed by atoms with Gasteiger partial charge in [0.2, 0.25) is 17.6 Å². The smallest absolute Gasteiger partial charge is 0.407 e. The molecule has 1 heterocycles. The summed E-state index contributed by atoms with van der Waals surface area (Å²) in [4.78, 5) is 65.5. The van der Waals surface area contributed by atoms with Crippen LogP contribution in [0.1, 0.15) is 72.1 Å². The monoisotopic (exact) mass is 506 g/mol. The number of hydrogen-bond donors (Lipinski definition) is 3. The van der Waals surface area contributed by atoms with Crippen LogP contribution in [-0.4, -0.2) is 72.3 Å². The average molecular weight is 507 g/mol. The third kappa shape index (κ3) is 8.34. The van der Waals surface area contributed by atoms with Gasteiger partial charge in [0.1, 0.15) is 12.1 Å². The fraction of sp³-hybridized carbons (Fsp3) is 0.731. The van der Waals surface area contributed by atoms with Crippen LogP contribution in [0.4, 0.5) is 4.79 Å². The maximum Gasteiger partial charge on any atom is 0.407 e. The predicted octanol–water partition coefficient (Wildman–Crippen LogP) is 2.07. The van der Waals surface area contributed by atoms with Crippen LogP contribution in [0, 0.1) is 11.8 Å². The first-order chi connectivity index (χ1) is 17.2. The number of amides is 4. The minimum atomic E-state index is -0.973. The number of likely N-dealkylation sites (tertiary alicyclic amines) is 1. The summed E-state index contributed by atoms with van der Waals surface area (Å²) in [5, 5.41) is 7.92. The van der Waals surface area contributed by atoms with Gasteiger partial charge in [0, 0.05) is 13.1 Å². The lowest BCUT2D eigenvalue weighted by atomic mass is 9.96. The molecule has 2 rings (SSSR count). The third-order valence-electron chi connectivity index (χ3n) is 6.64.